The number of hydrogen-bond acceptors (Lipinski definition) is 9. The third kappa shape index (κ3) is 7.07. The maximum absolute atomic E-state index is 15.4. The van der Waals surface area contributed by atoms with Crippen LogP contribution in [-0.4, -0.2) is 90.2 Å². The summed E-state index contributed by atoms with van der Waals surface area (Å²) in [7, 11) is 2.62. The maximum Gasteiger partial charge on any atom is 0.410 e. The predicted octanol–water partition coefficient (Wildman–Crippen LogP) is 4.86. The van der Waals surface area contributed by atoms with Crippen molar-refractivity contribution in [2.24, 2.45) is 0 Å². The molecule has 3 heterocycles. The molecule has 2 fully saturated rings. The van der Waals surface area contributed by atoms with Gasteiger partial charge >= 0.3 is 12.0 Å². The first-order chi connectivity index (χ1) is 21.7. The zero-order chi connectivity index (χ0) is 33.4. The summed E-state index contributed by atoms with van der Waals surface area (Å²) in [6.45, 7) is 5.33. The van der Waals surface area contributed by atoms with Crippen molar-refractivity contribution in [2.45, 2.75) is 82.9 Å². The first-order valence-electron chi connectivity index (χ1n) is 15.4. The first-order valence-corrected chi connectivity index (χ1v) is 15.4. The van der Waals surface area contributed by atoms with Crippen molar-refractivity contribution in [1.29, 1.82) is 0 Å². The topological polar surface area (TPSA) is 129 Å². The fourth-order valence-corrected chi connectivity index (χ4v) is 6.01. The molecule has 1 saturated carbocycles. The Bertz CT molecular complexity index is 1490. The highest BCUT2D eigenvalue weighted by Gasteiger charge is 2.48. The molecule has 0 unspecified atom stereocenters. The number of halogens is 3. The number of fused-ring (bicyclic) bond motifs is 1. The van der Waals surface area contributed by atoms with Gasteiger partial charge < -0.3 is 34.8 Å². The SMILES string of the molecule is COc1cc(C(=O)NC2CCN(C(=O)OC(C)(C)C)CC2)c(F)cc1Nc1ncc2c(n1)N(C1CCCC1)CC(F)(F)C(=O)N2C. The fourth-order valence-electron chi connectivity index (χ4n) is 6.01. The smallest absolute Gasteiger partial charge is 0.410 e. The zero-order valence-corrected chi connectivity index (χ0v) is 26.7. The molecule has 0 atom stereocenters. The van der Waals surface area contributed by atoms with E-state index < -0.39 is 41.8 Å². The van der Waals surface area contributed by atoms with E-state index in [1.165, 1.54) is 31.3 Å². The molecule has 250 valence electrons. The van der Waals surface area contributed by atoms with Crippen molar-refractivity contribution in [3.63, 3.8) is 0 Å². The third-order valence-corrected chi connectivity index (χ3v) is 8.40. The molecule has 3 amide bonds. The molecule has 1 aromatic carbocycles. The average molecular weight is 648 g/mol. The molecule has 2 aliphatic heterocycles. The number of aromatic nitrogens is 2. The lowest BCUT2D eigenvalue weighted by Crippen LogP contribution is -2.48. The predicted molar refractivity (Wildman–Crippen MR) is 165 cm³/mol. The summed E-state index contributed by atoms with van der Waals surface area (Å²) in [4.78, 5) is 50.6. The van der Waals surface area contributed by atoms with Crippen LogP contribution in [0.1, 0.15) is 69.7 Å². The Morgan fingerprint density at radius 2 is 1.76 bits per heavy atom. The van der Waals surface area contributed by atoms with Gasteiger partial charge in [-0.3, -0.25) is 9.59 Å². The first kappa shape index (κ1) is 33.1. The highest BCUT2D eigenvalue weighted by Crippen LogP contribution is 2.40. The number of carbonyl (C=O) groups excluding carboxylic acids is 3. The maximum atomic E-state index is 15.4. The van der Waals surface area contributed by atoms with Gasteiger partial charge in [-0.2, -0.15) is 13.8 Å². The molecule has 3 aliphatic rings. The van der Waals surface area contributed by atoms with Crippen molar-refractivity contribution < 1.29 is 37.0 Å². The summed E-state index contributed by atoms with van der Waals surface area (Å²) in [5.74, 6) is -6.17. The summed E-state index contributed by atoms with van der Waals surface area (Å²) in [6, 6.07) is 1.83. The van der Waals surface area contributed by atoms with Crippen molar-refractivity contribution in [3.8, 4) is 5.75 Å². The Morgan fingerprint density at radius 3 is 2.39 bits per heavy atom. The van der Waals surface area contributed by atoms with Crippen LogP contribution in [0.2, 0.25) is 0 Å². The molecule has 5 rings (SSSR count). The second-order valence-electron chi connectivity index (χ2n) is 12.9. The quantitative estimate of drug-likeness (QED) is 0.452. The molecule has 0 radical (unpaired) electrons. The van der Waals surface area contributed by atoms with E-state index in [1.54, 1.807) is 25.7 Å². The number of alkyl halides is 2. The van der Waals surface area contributed by atoms with Crippen LogP contribution < -0.4 is 25.2 Å². The number of amides is 3. The van der Waals surface area contributed by atoms with Gasteiger partial charge in [-0.15, -0.1) is 0 Å². The fraction of sp³-hybridized carbons (Fsp3) is 0.581. The molecule has 2 aromatic rings. The molecular weight excluding hydrogens is 607 g/mol. The van der Waals surface area contributed by atoms with E-state index in [1.807, 2.05) is 0 Å². The molecule has 46 heavy (non-hydrogen) atoms. The van der Waals surface area contributed by atoms with E-state index in [4.69, 9.17) is 9.47 Å². The number of benzene rings is 1. The Hall–Kier alpha value is -4.30. The molecule has 1 saturated heterocycles. The number of anilines is 4. The molecule has 12 nitrogen and oxygen atoms in total. The average Bonchev–Trinajstić information content (AvgIpc) is 3.51. The summed E-state index contributed by atoms with van der Waals surface area (Å²) in [5.41, 5.74) is -0.607. The number of methoxy groups -OCH3 is 1. The largest absolute Gasteiger partial charge is 0.495 e. The number of carbonyl (C=O) groups is 3. The van der Waals surface area contributed by atoms with Crippen LogP contribution in [0.25, 0.3) is 0 Å². The molecule has 0 spiro atoms. The van der Waals surface area contributed by atoms with Gasteiger partial charge in [0.2, 0.25) is 5.95 Å². The monoisotopic (exact) mass is 647 g/mol. The minimum atomic E-state index is -3.62. The van der Waals surface area contributed by atoms with Gasteiger partial charge in [0.25, 0.3) is 11.8 Å². The van der Waals surface area contributed by atoms with Crippen LogP contribution in [0.5, 0.6) is 5.75 Å². The Balaban J connectivity index is 1.32. The third-order valence-electron chi connectivity index (χ3n) is 8.40. The number of ether oxygens (including phenoxy) is 2. The van der Waals surface area contributed by atoms with E-state index >= 15 is 4.39 Å². The van der Waals surface area contributed by atoms with Crippen molar-refractivity contribution in [3.05, 3.63) is 29.7 Å². The minimum absolute atomic E-state index is 0.0283. The van der Waals surface area contributed by atoms with E-state index in [0.29, 0.717) is 38.8 Å². The van der Waals surface area contributed by atoms with Gasteiger partial charge in [0, 0.05) is 38.3 Å². The van der Waals surface area contributed by atoms with E-state index in [2.05, 4.69) is 20.6 Å². The van der Waals surface area contributed by atoms with Crippen LogP contribution >= 0.6 is 0 Å². The molecule has 15 heteroatoms. The van der Waals surface area contributed by atoms with Gasteiger partial charge in [0.15, 0.2) is 5.82 Å². The summed E-state index contributed by atoms with van der Waals surface area (Å²) >= 11 is 0. The van der Waals surface area contributed by atoms with Crippen molar-refractivity contribution >= 4 is 41.0 Å². The lowest BCUT2D eigenvalue weighted by molar-refractivity contribution is -0.140. The van der Waals surface area contributed by atoms with Crippen LogP contribution in [0.4, 0.5) is 41.1 Å². The van der Waals surface area contributed by atoms with Crippen LogP contribution in [0, 0.1) is 5.82 Å². The van der Waals surface area contributed by atoms with E-state index in [9.17, 15) is 23.2 Å². The second-order valence-corrected chi connectivity index (χ2v) is 12.9. The summed E-state index contributed by atoms with van der Waals surface area (Å²) in [6.07, 6.45) is 4.95. The van der Waals surface area contributed by atoms with Crippen molar-refractivity contribution in [2.75, 3.05) is 48.9 Å². The van der Waals surface area contributed by atoms with E-state index in [-0.39, 0.29) is 46.5 Å². The minimum Gasteiger partial charge on any atom is -0.495 e. The molecule has 0 bridgehead atoms. The number of hydrogen-bond donors (Lipinski definition) is 2. The van der Waals surface area contributed by atoms with Gasteiger partial charge in [0.05, 0.1) is 31.1 Å². The molecule has 2 N–H and O–H groups in total. The summed E-state index contributed by atoms with van der Waals surface area (Å²) < 4.78 is 56.0. The van der Waals surface area contributed by atoms with Gasteiger partial charge in [0.1, 0.15) is 22.9 Å². The van der Waals surface area contributed by atoms with Gasteiger partial charge in [-0.05, 0) is 52.5 Å². The number of nitrogens with zero attached hydrogens (tertiary/aromatic N) is 5. The molecule has 1 aromatic heterocycles. The zero-order valence-electron chi connectivity index (χ0n) is 26.7. The molecule has 1 aliphatic carbocycles. The van der Waals surface area contributed by atoms with Crippen molar-refractivity contribution in [1.82, 2.24) is 20.2 Å². The summed E-state index contributed by atoms with van der Waals surface area (Å²) in [5, 5.41) is 5.72. The second kappa shape index (κ2) is 12.8. The lowest BCUT2D eigenvalue weighted by Gasteiger charge is -2.33. The van der Waals surface area contributed by atoms with Crippen LogP contribution in [0.3, 0.4) is 0 Å². The van der Waals surface area contributed by atoms with Crippen LogP contribution in [0.15, 0.2) is 18.3 Å². The normalized spacial score (nSPS) is 19.0. The Labute approximate surface area is 265 Å². The van der Waals surface area contributed by atoms with Crippen LogP contribution in [-0.2, 0) is 9.53 Å². The number of nitrogens with one attached hydrogen (secondary N) is 2. The highest BCUT2D eigenvalue weighted by molar-refractivity contribution is 6.02. The highest BCUT2D eigenvalue weighted by atomic mass is 19.3. The Morgan fingerprint density at radius 1 is 1.09 bits per heavy atom. The number of likely N-dealkylation sites (tertiary alicyclic amines) is 1. The Kier molecular flexibility index (Phi) is 9.23. The number of rotatable bonds is 6. The van der Waals surface area contributed by atoms with E-state index in [0.717, 1.165) is 23.8 Å². The number of piperidine rings is 1. The van der Waals surface area contributed by atoms with Gasteiger partial charge in [-0.1, -0.05) is 12.8 Å². The lowest BCUT2D eigenvalue weighted by atomic mass is 10.0. The van der Waals surface area contributed by atoms with Gasteiger partial charge in [-0.25, -0.2) is 14.2 Å². The standard InChI is InChI=1S/C31H40F3N7O5/c1-30(2,3)46-29(44)40-12-10-18(11-13-40)36-26(42)20-14-24(45-5)22(15-21(20)32)37-28-35-16-23-25(38-28)41(19-8-6-7-9-19)17-31(33,34)27(43)39(23)4/h14-16,18-19H,6-13,17H2,1-5H3,(H,36,42)(H,35,37,38). The molecular formula is C31H40F3N7O5.